The molecule has 0 fully saturated rings. The Bertz CT molecular complexity index is 604. The minimum Gasteiger partial charge on any atom is -0.478 e. The maximum absolute atomic E-state index is 11.9. The number of carboxylic acid groups (broad SMARTS) is 1. The maximum Gasteiger partial charge on any atom is 0.337 e. The average Bonchev–Trinajstić information content (AvgIpc) is 2.36. The molecule has 0 aliphatic carbocycles. The summed E-state index contributed by atoms with van der Waals surface area (Å²) in [7, 11) is -2.66. The summed E-state index contributed by atoms with van der Waals surface area (Å²) in [5, 5.41) is 16.4. The summed E-state index contributed by atoms with van der Waals surface area (Å²) in [6, 6.07) is 7.35. The number of rotatable bonds is 4. The molecule has 0 saturated carbocycles. The van der Waals surface area contributed by atoms with E-state index in [1.54, 1.807) is 6.07 Å². The highest BCUT2D eigenvalue weighted by Crippen LogP contribution is 2.23. The van der Waals surface area contributed by atoms with Crippen LogP contribution in [0.3, 0.4) is 0 Å². The van der Waals surface area contributed by atoms with Crippen LogP contribution in [0, 0.1) is 11.3 Å². The zero-order valence-corrected chi connectivity index (χ0v) is 10.7. The van der Waals surface area contributed by atoms with E-state index >= 15 is 0 Å². The van der Waals surface area contributed by atoms with Crippen molar-refractivity contribution in [2.24, 2.45) is 0 Å². The van der Waals surface area contributed by atoms with Crippen LogP contribution in [0.15, 0.2) is 24.3 Å². The molecule has 0 heterocycles. The molecule has 0 saturated heterocycles. The fraction of sp³-hybridized carbons (Fsp3) is 0.273. The molecule has 0 amide bonds. The number of carboxylic acids is 1. The lowest BCUT2D eigenvalue weighted by Crippen LogP contribution is -2.34. The summed E-state index contributed by atoms with van der Waals surface area (Å²) >= 11 is 0. The molecule has 0 aromatic heterocycles. The summed E-state index contributed by atoms with van der Waals surface area (Å²) in [5.74, 6) is -1.22. The first-order chi connectivity index (χ1) is 8.32. The van der Waals surface area contributed by atoms with Gasteiger partial charge in [-0.15, -0.1) is 0 Å². The predicted octanol–water partition coefficient (Wildman–Crippen LogP) is 1.06. The van der Waals surface area contributed by atoms with Crippen molar-refractivity contribution in [2.45, 2.75) is 12.2 Å². The van der Waals surface area contributed by atoms with Gasteiger partial charge in [-0.2, -0.15) is 5.26 Å². The molecule has 0 bridgehead atoms. The average molecular weight is 268 g/mol. The van der Waals surface area contributed by atoms with Crippen LogP contribution in [-0.4, -0.2) is 31.8 Å². The number of nitriles is 1. The minimum atomic E-state index is -3.89. The van der Waals surface area contributed by atoms with Crippen LogP contribution >= 0.6 is 0 Å². The topological polar surface area (TPSA) is 98.5 Å². The van der Waals surface area contributed by atoms with E-state index in [1.165, 1.54) is 38.2 Å². The third-order valence-electron chi connectivity index (χ3n) is 2.48. The molecule has 0 aliphatic rings. The Morgan fingerprint density at radius 2 is 2.00 bits per heavy atom. The highest BCUT2D eigenvalue weighted by atomic mass is 32.2. The van der Waals surface area contributed by atoms with E-state index in [0.29, 0.717) is 0 Å². The van der Waals surface area contributed by atoms with Crippen molar-refractivity contribution >= 4 is 21.7 Å². The van der Waals surface area contributed by atoms with Gasteiger partial charge in [0, 0.05) is 7.05 Å². The zero-order chi connectivity index (χ0) is 13.9. The molecule has 1 N–H and O–H groups in total. The normalized spacial score (nSPS) is 12.5. The second-order valence-corrected chi connectivity index (χ2v) is 5.89. The smallest absolute Gasteiger partial charge is 0.337 e. The first kappa shape index (κ1) is 14.0. The second kappa shape index (κ2) is 5.06. The molecule has 6 nitrogen and oxygen atoms in total. The fourth-order valence-corrected chi connectivity index (χ4v) is 2.41. The molecule has 96 valence electrons. The largest absolute Gasteiger partial charge is 0.478 e. The molecule has 1 atom stereocenters. The molecule has 7 heteroatoms. The molecular formula is C11H12N2O4S. The third-order valence-corrected chi connectivity index (χ3v) is 4.44. The molecule has 1 unspecified atom stereocenters. The standard InChI is InChI=1S/C11H12N2O4S/c1-8(7-12)18(16,17)13(2)10-6-4-3-5-9(10)11(14)15/h3-6,8H,1-2H3,(H,14,15). The summed E-state index contributed by atoms with van der Waals surface area (Å²) in [6.07, 6.45) is 0. The number of benzene rings is 1. The molecule has 1 rings (SSSR count). The van der Waals surface area contributed by atoms with Crippen LogP contribution in [0.2, 0.25) is 0 Å². The monoisotopic (exact) mass is 268 g/mol. The van der Waals surface area contributed by atoms with Crippen molar-refractivity contribution in [1.82, 2.24) is 0 Å². The number of nitrogens with zero attached hydrogens (tertiary/aromatic N) is 2. The van der Waals surface area contributed by atoms with E-state index in [9.17, 15) is 13.2 Å². The summed E-state index contributed by atoms with van der Waals surface area (Å²) in [6.45, 7) is 1.25. The summed E-state index contributed by atoms with van der Waals surface area (Å²) in [4.78, 5) is 11.0. The highest BCUT2D eigenvalue weighted by Gasteiger charge is 2.28. The van der Waals surface area contributed by atoms with Crippen molar-refractivity contribution < 1.29 is 18.3 Å². The molecule has 0 spiro atoms. The first-order valence-corrected chi connectivity index (χ1v) is 6.52. The van der Waals surface area contributed by atoms with Crippen molar-refractivity contribution in [1.29, 1.82) is 5.26 Å². The number of carbonyl (C=O) groups is 1. The number of anilines is 1. The van der Waals surface area contributed by atoms with Gasteiger partial charge in [0.1, 0.15) is 0 Å². The lowest BCUT2D eigenvalue weighted by Gasteiger charge is -2.22. The summed E-state index contributed by atoms with van der Waals surface area (Å²) in [5.41, 5.74) is -0.0965. The van der Waals surface area contributed by atoms with Crippen LogP contribution in [0.5, 0.6) is 0 Å². The predicted molar refractivity (Wildman–Crippen MR) is 65.8 cm³/mol. The third kappa shape index (κ3) is 2.43. The molecular weight excluding hydrogens is 256 g/mol. The molecule has 1 aromatic carbocycles. The van der Waals surface area contributed by atoms with Crippen LogP contribution in [0.25, 0.3) is 0 Å². The van der Waals surface area contributed by atoms with Gasteiger partial charge in [-0.3, -0.25) is 4.31 Å². The fourth-order valence-electron chi connectivity index (χ4n) is 1.37. The molecule has 0 radical (unpaired) electrons. The van der Waals surface area contributed by atoms with Gasteiger partial charge in [0.25, 0.3) is 10.0 Å². The lowest BCUT2D eigenvalue weighted by molar-refractivity contribution is 0.0698. The van der Waals surface area contributed by atoms with E-state index < -0.39 is 21.2 Å². The van der Waals surface area contributed by atoms with Crippen molar-refractivity contribution in [3.63, 3.8) is 0 Å². The lowest BCUT2D eigenvalue weighted by atomic mass is 10.2. The number of sulfonamides is 1. The number of para-hydroxylation sites is 1. The molecule has 1 aromatic rings. The van der Waals surface area contributed by atoms with Crippen molar-refractivity contribution in [3.8, 4) is 6.07 Å². The Morgan fingerprint density at radius 3 is 2.50 bits per heavy atom. The number of hydrogen-bond donors (Lipinski definition) is 1. The van der Waals surface area contributed by atoms with Crippen LogP contribution < -0.4 is 4.31 Å². The number of hydrogen-bond acceptors (Lipinski definition) is 4. The van der Waals surface area contributed by atoms with E-state index in [4.69, 9.17) is 10.4 Å². The van der Waals surface area contributed by atoms with Gasteiger partial charge in [-0.25, -0.2) is 13.2 Å². The Balaban J connectivity index is 3.33. The van der Waals surface area contributed by atoms with E-state index in [2.05, 4.69) is 0 Å². The van der Waals surface area contributed by atoms with Gasteiger partial charge in [0.15, 0.2) is 5.25 Å². The number of aromatic carboxylic acids is 1. The van der Waals surface area contributed by atoms with Crippen molar-refractivity contribution in [3.05, 3.63) is 29.8 Å². The quantitative estimate of drug-likeness (QED) is 0.880. The van der Waals surface area contributed by atoms with Crippen LogP contribution in [0.4, 0.5) is 5.69 Å². The van der Waals surface area contributed by atoms with E-state index in [-0.39, 0.29) is 11.3 Å². The SMILES string of the molecule is CC(C#N)S(=O)(=O)N(C)c1ccccc1C(=O)O. The summed E-state index contributed by atoms with van der Waals surface area (Å²) < 4.78 is 24.7. The van der Waals surface area contributed by atoms with Gasteiger partial charge in [-0.1, -0.05) is 12.1 Å². The Labute approximate surface area is 105 Å². The maximum atomic E-state index is 11.9. The van der Waals surface area contributed by atoms with Gasteiger partial charge in [0.05, 0.1) is 17.3 Å². The Morgan fingerprint density at radius 1 is 1.44 bits per heavy atom. The highest BCUT2D eigenvalue weighted by molar-refractivity contribution is 7.93. The first-order valence-electron chi connectivity index (χ1n) is 5.02. The van der Waals surface area contributed by atoms with E-state index in [0.717, 1.165) is 4.31 Å². The zero-order valence-electron chi connectivity index (χ0n) is 9.86. The molecule has 0 aliphatic heterocycles. The molecule has 18 heavy (non-hydrogen) atoms. The van der Waals surface area contributed by atoms with Crippen molar-refractivity contribution in [2.75, 3.05) is 11.4 Å². The van der Waals surface area contributed by atoms with Gasteiger partial charge < -0.3 is 5.11 Å². The Kier molecular flexibility index (Phi) is 3.93. The van der Waals surface area contributed by atoms with Gasteiger partial charge >= 0.3 is 5.97 Å². The van der Waals surface area contributed by atoms with Gasteiger partial charge in [-0.05, 0) is 19.1 Å². The minimum absolute atomic E-state index is 0.0344. The van der Waals surface area contributed by atoms with E-state index in [1.807, 2.05) is 0 Å². The van der Waals surface area contributed by atoms with Crippen LogP contribution in [0.1, 0.15) is 17.3 Å². The van der Waals surface area contributed by atoms with Gasteiger partial charge in [0.2, 0.25) is 0 Å². The second-order valence-electron chi connectivity index (χ2n) is 3.61. The van der Waals surface area contributed by atoms with Crippen LogP contribution in [-0.2, 0) is 10.0 Å². The Hall–Kier alpha value is -2.07.